The molecule has 2 atom stereocenters. The Morgan fingerprint density at radius 1 is 1.19 bits per heavy atom. The number of nitrogens with zero attached hydrogens (tertiary/aromatic N) is 3. The Bertz CT molecular complexity index is 1140. The van der Waals surface area contributed by atoms with Crippen LogP contribution in [0.4, 0.5) is 5.82 Å². The van der Waals surface area contributed by atoms with E-state index in [2.05, 4.69) is 10.3 Å². The third kappa shape index (κ3) is 4.32. The summed E-state index contributed by atoms with van der Waals surface area (Å²) in [6.07, 6.45) is 7.29. The van der Waals surface area contributed by atoms with Crippen LogP contribution in [0.3, 0.4) is 0 Å². The molecule has 5 heterocycles. The van der Waals surface area contributed by atoms with Crippen molar-refractivity contribution in [2.24, 2.45) is 0 Å². The number of rotatable bonds is 6. The number of carbonyl (C=O) groups excluding carboxylic acids is 1. The van der Waals surface area contributed by atoms with Crippen molar-refractivity contribution in [3.63, 3.8) is 0 Å². The van der Waals surface area contributed by atoms with E-state index >= 15 is 0 Å². The standard InChI is InChI=1S/C22H24N4O4S2/c27-20-16(11-17-21(28)26(22(31)32-17)13-15-6-4-10-30-15)19(23-12-14-5-3-9-29-14)24-18-7-1-2-8-25(18)20/h1-2,7-8,11,14-15,23H,3-6,9-10,12-13H2. The summed E-state index contributed by atoms with van der Waals surface area (Å²) < 4.78 is 13.3. The van der Waals surface area contributed by atoms with E-state index in [-0.39, 0.29) is 23.7 Å². The lowest BCUT2D eigenvalue weighted by atomic mass is 10.2. The summed E-state index contributed by atoms with van der Waals surface area (Å²) in [6, 6.07) is 5.39. The Morgan fingerprint density at radius 3 is 2.72 bits per heavy atom. The summed E-state index contributed by atoms with van der Waals surface area (Å²) in [5.41, 5.74) is 0.634. The summed E-state index contributed by atoms with van der Waals surface area (Å²) in [5, 5.41) is 3.28. The third-order valence-electron chi connectivity index (χ3n) is 5.85. The number of nitrogens with one attached hydrogen (secondary N) is 1. The molecule has 1 amide bonds. The van der Waals surface area contributed by atoms with Gasteiger partial charge >= 0.3 is 0 Å². The van der Waals surface area contributed by atoms with Gasteiger partial charge in [0.25, 0.3) is 11.5 Å². The van der Waals surface area contributed by atoms with Gasteiger partial charge in [0.1, 0.15) is 15.8 Å². The maximum atomic E-state index is 13.3. The minimum atomic E-state index is -0.241. The lowest BCUT2D eigenvalue weighted by Gasteiger charge is -2.18. The minimum Gasteiger partial charge on any atom is -0.376 e. The van der Waals surface area contributed by atoms with Gasteiger partial charge in [-0.25, -0.2) is 4.98 Å². The molecule has 0 bridgehead atoms. The molecule has 168 valence electrons. The summed E-state index contributed by atoms with van der Waals surface area (Å²) in [5.74, 6) is 0.249. The van der Waals surface area contributed by atoms with Gasteiger partial charge in [0.05, 0.1) is 29.2 Å². The highest BCUT2D eigenvalue weighted by atomic mass is 32.2. The molecule has 3 aliphatic rings. The Balaban J connectivity index is 1.47. The molecule has 3 aliphatic heterocycles. The fourth-order valence-electron chi connectivity index (χ4n) is 4.16. The zero-order chi connectivity index (χ0) is 22.1. The molecule has 2 aromatic heterocycles. The number of thioether (sulfide) groups is 1. The van der Waals surface area contributed by atoms with Crippen LogP contribution in [0.5, 0.6) is 0 Å². The molecule has 0 aromatic carbocycles. The summed E-state index contributed by atoms with van der Waals surface area (Å²) in [4.78, 5) is 33.0. The Labute approximate surface area is 195 Å². The Kier molecular flexibility index (Phi) is 6.27. The van der Waals surface area contributed by atoms with Crippen molar-refractivity contribution in [3.05, 3.63) is 45.2 Å². The van der Waals surface area contributed by atoms with Gasteiger partial charge in [-0.2, -0.15) is 0 Å². The predicted octanol–water partition coefficient (Wildman–Crippen LogP) is 2.67. The van der Waals surface area contributed by atoms with E-state index in [0.717, 1.165) is 32.3 Å². The number of fused-ring (bicyclic) bond motifs is 1. The second kappa shape index (κ2) is 9.30. The van der Waals surface area contributed by atoms with E-state index in [9.17, 15) is 9.59 Å². The van der Waals surface area contributed by atoms with Gasteiger partial charge < -0.3 is 14.8 Å². The fraction of sp³-hybridized carbons (Fsp3) is 0.455. The predicted molar refractivity (Wildman–Crippen MR) is 128 cm³/mol. The summed E-state index contributed by atoms with van der Waals surface area (Å²) >= 11 is 6.66. The van der Waals surface area contributed by atoms with Crippen molar-refractivity contribution >= 4 is 51.7 Å². The number of ether oxygens (including phenoxy) is 2. The van der Waals surface area contributed by atoms with Crippen molar-refractivity contribution in [1.82, 2.24) is 14.3 Å². The molecular weight excluding hydrogens is 448 g/mol. The number of amides is 1. The van der Waals surface area contributed by atoms with Crippen LogP contribution in [-0.2, 0) is 14.3 Å². The summed E-state index contributed by atoms with van der Waals surface area (Å²) in [6.45, 7) is 2.46. The quantitative estimate of drug-likeness (QED) is 0.507. The minimum absolute atomic E-state index is 0.00782. The van der Waals surface area contributed by atoms with Crippen LogP contribution in [0.1, 0.15) is 31.2 Å². The Hall–Kier alpha value is -2.27. The third-order valence-corrected chi connectivity index (χ3v) is 7.23. The van der Waals surface area contributed by atoms with Gasteiger partial charge in [-0.15, -0.1) is 0 Å². The number of thiocarbonyl (C=S) groups is 1. The lowest BCUT2D eigenvalue weighted by Crippen LogP contribution is -2.35. The zero-order valence-corrected chi connectivity index (χ0v) is 19.1. The molecule has 3 fully saturated rings. The molecule has 8 nitrogen and oxygen atoms in total. The van der Waals surface area contributed by atoms with E-state index in [1.807, 2.05) is 6.07 Å². The average molecular weight is 473 g/mol. The van der Waals surface area contributed by atoms with E-state index in [4.69, 9.17) is 21.7 Å². The van der Waals surface area contributed by atoms with Crippen LogP contribution >= 0.6 is 24.0 Å². The first-order chi connectivity index (χ1) is 15.6. The molecule has 10 heteroatoms. The zero-order valence-electron chi connectivity index (χ0n) is 17.5. The maximum absolute atomic E-state index is 13.3. The Morgan fingerprint density at radius 2 is 1.97 bits per heavy atom. The molecule has 0 spiro atoms. The van der Waals surface area contributed by atoms with Crippen LogP contribution in [0.25, 0.3) is 11.7 Å². The number of aromatic nitrogens is 2. The van der Waals surface area contributed by atoms with Gasteiger partial charge in [-0.1, -0.05) is 30.0 Å². The first kappa shape index (κ1) is 21.6. The van der Waals surface area contributed by atoms with Crippen molar-refractivity contribution < 1.29 is 14.3 Å². The average Bonchev–Trinajstić information content (AvgIpc) is 3.55. The largest absolute Gasteiger partial charge is 0.376 e. The molecular formula is C22H24N4O4S2. The highest BCUT2D eigenvalue weighted by molar-refractivity contribution is 8.26. The highest BCUT2D eigenvalue weighted by Gasteiger charge is 2.35. The van der Waals surface area contributed by atoms with Gasteiger partial charge in [-0.3, -0.25) is 18.9 Å². The van der Waals surface area contributed by atoms with Gasteiger partial charge in [0, 0.05) is 26.0 Å². The van der Waals surface area contributed by atoms with Gasteiger partial charge in [-0.05, 0) is 43.9 Å². The first-order valence-corrected chi connectivity index (χ1v) is 12.1. The molecule has 2 unspecified atom stereocenters. The number of hydrogen-bond acceptors (Lipinski definition) is 8. The van der Waals surface area contributed by atoms with Crippen molar-refractivity contribution in [1.29, 1.82) is 0 Å². The van der Waals surface area contributed by atoms with E-state index in [1.54, 1.807) is 29.3 Å². The molecule has 0 aliphatic carbocycles. The normalized spacial score (nSPS) is 24.9. The van der Waals surface area contributed by atoms with Crippen LogP contribution in [0.2, 0.25) is 0 Å². The fourth-order valence-corrected chi connectivity index (χ4v) is 5.42. The summed E-state index contributed by atoms with van der Waals surface area (Å²) in [7, 11) is 0. The molecule has 1 N–H and O–H groups in total. The molecule has 0 saturated carbocycles. The number of hydrogen-bond donors (Lipinski definition) is 1. The smallest absolute Gasteiger partial charge is 0.267 e. The SMILES string of the molecule is O=C1C(=Cc2c(NCC3CCCO3)nc3ccccn3c2=O)SC(=S)N1CC1CCCO1. The highest BCUT2D eigenvalue weighted by Crippen LogP contribution is 2.34. The number of anilines is 1. The first-order valence-electron chi connectivity index (χ1n) is 10.8. The van der Waals surface area contributed by atoms with Gasteiger partial charge in [0.15, 0.2) is 0 Å². The monoisotopic (exact) mass is 472 g/mol. The number of pyridine rings is 1. The van der Waals surface area contributed by atoms with Gasteiger partial charge in [0.2, 0.25) is 0 Å². The maximum Gasteiger partial charge on any atom is 0.267 e. The van der Waals surface area contributed by atoms with Crippen LogP contribution in [-0.4, -0.2) is 63.0 Å². The molecule has 0 radical (unpaired) electrons. The van der Waals surface area contributed by atoms with Crippen LogP contribution in [0.15, 0.2) is 34.1 Å². The molecule has 32 heavy (non-hydrogen) atoms. The van der Waals surface area contributed by atoms with E-state index < -0.39 is 0 Å². The van der Waals surface area contributed by atoms with Crippen molar-refractivity contribution in [2.45, 2.75) is 37.9 Å². The van der Waals surface area contributed by atoms with E-state index in [0.29, 0.717) is 46.0 Å². The van der Waals surface area contributed by atoms with E-state index in [1.165, 1.54) is 16.2 Å². The van der Waals surface area contributed by atoms with Crippen molar-refractivity contribution in [3.8, 4) is 0 Å². The second-order valence-corrected chi connectivity index (χ2v) is 9.73. The second-order valence-electron chi connectivity index (χ2n) is 8.05. The van der Waals surface area contributed by atoms with Crippen LogP contribution < -0.4 is 10.9 Å². The molecule has 5 rings (SSSR count). The van der Waals surface area contributed by atoms with Crippen molar-refractivity contribution in [2.75, 3.05) is 31.6 Å². The topological polar surface area (TPSA) is 85.2 Å². The lowest BCUT2D eigenvalue weighted by molar-refractivity contribution is -0.123. The number of carbonyl (C=O) groups is 1. The van der Waals surface area contributed by atoms with Crippen LogP contribution in [0, 0.1) is 0 Å². The molecule has 3 saturated heterocycles. The molecule has 2 aromatic rings.